The Morgan fingerprint density at radius 2 is 0.828 bits per heavy atom. The lowest BCUT2D eigenvalue weighted by Crippen LogP contribution is -2.50. The van der Waals surface area contributed by atoms with Crippen LogP contribution in [-0.2, 0) is 0 Å². The molecule has 0 rings (SSSR count). The largest absolute Gasteiger partial charge is 0.512 e. The van der Waals surface area contributed by atoms with Gasteiger partial charge in [0, 0.05) is 0 Å². The summed E-state index contributed by atoms with van der Waals surface area (Å²) in [4.78, 5) is 59.8. The third kappa shape index (κ3) is 6.51. The number of alkyl halides is 2. The molecule has 0 aromatic heterocycles. The van der Waals surface area contributed by atoms with Crippen LogP contribution in [0.2, 0.25) is 0 Å². The average Bonchev–Trinajstić information content (AvgIpc) is 2.58. The van der Waals surface area contributed by atoms with Gasteiger partial charge in [-0.25, -0.2) is 20.2 Å². The van der Waals surface area contributed by atoms with Crippen LogP contribution in [0.25, 0.3) is 0 Å². The second kappa shape index (κ2) is 9.94. The molecule has 0 bridgehead atoms. The van der Waals surface area contributed by atoms with Crippen molar-refractivity contribution in [1.29, 1.82) is 0 Å². The summed E-state index contributed by atoms with van der Waals surface area (Å²) in [5.74, 6) is 0. The van der Waals surface area contributed by atoms with Crippen molar-refractivity contribution in [1.82, 2.24) is 10.0 Å². The first-order valence-corrected chi connectivity index (χ1v) is 8.42. The molecule has 0 heterocycles. The van der Waals surface area contributed by atoms with Crippen molar-refractivity contribution in [3.63, 3.8) is 0 Å². The third-order valence-electron chi connectivity index (χ3n) is 3.28. The summed E-state index contributed by atoms with van der Waals surface area (Å²) in [5, 5.41) is 62.8. The molecule has 0 N–H and O–H groups in total. The van der Waals surface area contributed by atoms with Gasteiger partial charge in [-0.3, -0.25) is 40.5 Å². The minimum Gasteiger partial charge on any atom is -0.258 e. The van der Waals surface area contributed by atoms with Gasteiger partial charge in [0.25, 0.3) is 0 Å². The van der Waals surface area contributed by atoms with Crippen molar-refractivity contribution in [3.05, 3.63) is 60.7 Å². The van der Waals surface area contributed by atoms with E-state index >= 15 is 0 Å². The van der Waals surface area contributed by atoms with Gasteiger partial charge in [-0.2, -0.15) is 0 Å². The minimum absolute atomic E-state index is 0.0000411. The Balaban J connectivity index is 5.39. The molecule has 164 valence electrons. The lowest BCUT2D eigenvalue weighted by Gasteiger charge is -2.20. The predicted octanol–water partition coefficient (Wildman–Crippen LogP) is -0.0843. The Labute approximate surface area is 174 Å². The molecular weight excluding hydrogens is 548 g/mol. The van der Waals surface area contributed by atoms with Crippen LogP contribution in [-0.4, -0.2) is 68.7 Å². The number of rotatable bonds is 14. The van der Waals surface area contributed by atoms with Crippen molar-refractivity contribution in [2.45, 2.75) is 22.0 Å². The lowest BCUT2D eigenvalue weighted by atomic mass is 10.3. The normalized spacial score (nSPS) is 11.4. The summed E-state index contributed by atoms with van der Waals surface area (Å²) in [6.45, 7) is -3.28. The zero-order valence-electron chi connectivity index (χ0n) is 13.8. The van der Waals surface area contributed by atoms with Gasteiger partial charge >= 0.3 is 9.14 Å². The number of hydrazine groups is 2. The fourth-order valence-electron chi connectivity index (χ4n) is 1.64. The maximum atomic E-state index is 11.0. The monoisotopic (exact) mass is 556 g/mol. The molecule has 0 aliphatic heterocycles. The quantitative estimate of drug-likeness (QED) is 0.0887. The lowest BCUT2D eigenvalue weighted by molar-refractivity contribution is -0.765. The average molecular weight is 558 g/mol. The van der Waals surface area contributed by atoms with E-state index in [2.05, 4.69) is 31.9 Å². The number of nitro groups is 6. The summed E-state index contributed by atoms with van der Waals surface area (Å²) in [7, 11) is 0. The third-order valence-corrected chi connectivity index (χ3v) is 5.23. The summed E-state index contributed by atoms with van der Waals surface area (Å²) >= 11 is 4.45. The van der Waals surface area contributed by atoms with Crippen LogP contribution in [0.4, 0.5) is 0 Å². The van der Waals surface area contributed by atoms with Gasteiger partial charge in [-0.1, -0.05) is 0 Å². The molecule has 0 spiro atoms. The highest BCUT2D eigenvalue weighted by molar-refractivity contribution is 9.10. The summed E-state index contributed by atoms with van der Waals surface area (Å²) in [6, 6.07) is 0. The molecule has 20 nitrogen and oxygen atoms in total. The van der Waals surface area contributed by atoms with E-state index in [1.807, 2.05) is 0 Å². The summed E-state index contributed by atoms with van der Waals surface area (Å²) in [5.41, 5.74) is 0. The van der Waals surface area contributed by atoms with E-state index in [0.717, 1.165) is 0 Å². The standard InChI is InChI=1S/C7H10Br2N8O12/c8-6(12(18)19,13(20)21)1-3-10(16(26)27)5-11(17(28)29)4-2-7(9,14(22)23)15(24)25/h1-5H2. The highest BCUT2D eigenvalue weighted by Crippen LogP contribution is 2.26. The first-order chi connectivity index (χ1) is 13.1. The fourth-order valence-corrected chi connectivity index (χ4v) is 1.99. The molecule has 0 saturated heterocycles. The highest BCUT2D eigenvalue weighted by atomic mass is 79.9. The fraction of sp³-hybridized carbons (Fsp3) is 1.00. The predicted molar refractivity (Wildman–Crippen MR) is 92.8 cm³/mol. The van der Waals surface area contributed by atoms with Crippen molar-refractivity contribution >= 4 is 31.9 Å². The molecule has 22 heteroatoms. The van der Waals surface area contributed by atoms with Crippen LogP contribution in [0.5, 0.6) is 0 Å². The van der Waals surface area contributed by atoms with Crippen LogP contribution in [0, 0.1) is 60.7 Å². The molecule has 0 aromatic rings. The molecule has 0 radical (unpaired) electrons. The van der Waals surface area contributed by atoms with Crippen molar-refractivity contribution in [3.8, 4) is 0 Å². The Morgan fingerprint density at radius 1 is 0.586 bits per heavy atom. The smallest absolute Gasteiger partial charge is 0.258 e. The SMILES string of the molecule is O=[N+]([O-])N(CCC(Br)([N+](=O)[O-])[N+](=O)[O-])CN(CCC(Br)([N+](=O)[O-])[N+](=O)[O-])[N+](=O)[O-]. The molecule has 0 saturated carbocycles. The molecule has 0 fully saturated rings. The number of hydrogen-bond acceptors (Lipinski definition) is 12. The van der Waals surface area contributed by atoms with Gasteiger partial charge in [0.2, 0.25) is 6.67 Å². The van der Waals surface area contributed by atoms with E-state index in [0.29, 0.717) is 0 Å². The van der Waals surface area contributed by atoms with Crippen molar-refractivity contribution in [2.24, 2.45) is 0 Å². The summed E-state index contributed by atoms with van der Waals surface area (Å²) < 4.78 is -5.99. The van der Waals surface area contributed by atoms with Gasteiger partial charge in [0.1, 0.15) is 32.5 Å². The number of halogens is 2. The van der Waals surface area contributed by atoms with Crippen molar-refractivity contribution in [2.75, 3.05) is 19.8 Å². The second-order valence-corrected chi connectivity index (χ2v) is 7.58. The molecule has 0 amide bonds. The Kier molecular flexibility index (Phi) is 8.90. The van der Waals surface area contributed by atoms with Crippen LogP contribution in [0.1, 0.15) is 12.8 Å². The van der Waals surface area contributed by atoms with Gasteiger partial charge in [-0.05, 0) is 0 Å². The Hall–Kier alpha value is -3.04. The van der Waals surface area contributed by atoms with E-state index in [-0.39, 0.29) is 10.0 Å². The molecule has 0 aliphatic carbocycles. The van der Waals surface area contributed by atoms with E-state index < -0.39 is 71.5 Å². The number of nitrogens with zero attached hydrogens (tertiary/aromatic N) is 8. The first-order valence-electron chi connectivity index (χ1n) is 6.84. The maximum absolute atomic E-state index is 11.0. The second-order valence-electron chi connectivity index (χ2n) is 5.04. The van der Waals surface area contributed by atoms with E-state index in [4.69, 9.17) is 0 Å². The van der Waals surface area contributed by atoms with Gasteiger partial charge < -0.3 is 0 Å². The van der Waals surface area contributed by atoms with Gasteiger partial charge in [0.05, 0.1) is 44.9 Å². The number of hydrogen-bond donors (Lipinski definition) is 0. The maximum Gasteiger partial charge on any atom is 0.512 e. The Bertz CT molecular complexity index is 632. The zero-order chi connectivity index (χ0) is 23.2. The molecule has 29 heavy (non-hydrogen) atoms. The Morgan fingerprint density at radius 3 is 1.00 bits per heavy atom. The van der Waals surface area contributed by atoms with E-state index in [9.17, 15) is 60.7 Å². The summed E-state index contributed by atoms with van der Waals surface area (Å²) in [6.07, 6.45) is -2.18. The van der Waals surface area contributed by atoms with Crippen molar-refractivity contribution < 1.29 is 29.8 Å². The van der Waals surface area contributed by atoms with E-state index in [1.54, 1.807) is 0 Å². The molecule has 0 unspecified atom stereocenters. The van der Waals surface area contributed by atoms with Crippen LogP contribution in [0.3, 0.4) is 0 Å². The topological polar surface area (TPSA) is 265 Å². The minimum atomic E-state index is -3.00. The van der Waals surface area contributed by atoms with Crippen LogP contribution < -0.4 is 0 Å². The molecule has 0 aliphatic rings. The van der Waals surface area contributed by atoms with Gasteiger partial charge in [0.15, 0.2) is 10.1 Å². The first kappa shape index (κ1) is 26.0. The van der Waals surface area contributed by atoms with E-state index in [1.165, 1.54) is 0 Å². The van der Waals surface area contributed by atoms with Crippen LogP contribution in [0.15, 0.2) is 0 Å². The van der Waals surface area contributed by atoms with Crippen LogP contribution >= 0.6 is 31.9 Å². The molecular formula is C7H10Br2N8O12. The zero-order valence-corrected chi connectivity index (χ0v) is 16.9. The van der Waals surface area contributed by atoms with Gasteiger partial charge in [-0.15, -0.1) is 10.0 Å². The molecule has 0 aromatic carbocycles. The molecule has 0 atom stereocenters. The highest BCUT2D eigenvalue weighted by Gasteiger charge is 2.55.